The Kier molecular flexibility index (Phi) is 4.74. The summed E-state index contributed by atoms with van der Waals surface area (Å²) in [5.74, 6) is 0.374. The number of hydrogen-bond donors (Lipinski definition) is 2. The van der Waals surface area contributed by atoms with Crippen LogP contribution in [-0.2, 0) is 14.8 Å². The van der Waals surface area contributed by atoms with Gasteiger partial charge in [0.05, 0.1) is 17.5 Å². The van der Waals surface area contributed by atoms with Crippen LogP contribution in [0.4, 0.5) is 0 Å². The van der Waals surface area contributed by atoms with Crippen molar-refractivity contribution in [3.63, 3.8) is 0 Å². The number of nitrogens with one attached hydrogen (secondary N) is 2. The molecule has 0 unspecified atom stereocenters. The highest BCUT2D eigenvalue weighted by atomic mass is 32.2. The Hall–Kier alpha value is -0.170. The van der Waals surface area contributed by atoms with E-state index in [2.05, 4.69) is 37.7 Å². The summed E-state index contributed by atoms with van der Waals surface area (Å²) in [6, 6.07) is 0.387. The smallest absolute Gasteiger partial charge is 0.208 e. The van der Waals surface area contributed by atoms with Crippen molar-refractivity contribution in [2.75, 3.05) is 12.8 Å². The van der Waals surface area contributed by atoms with E-state index in [1.165, 1.54) is 6.26 Å². The zero-order chi connectivity index (χ0) is 15.9. The largest absolute Gasteiger partial charge is 0.368 e. The lowest BCUT2D eigenvalue weighted by molar-refractivity contribution is -0.0699. The third-order valence-electron chi connectivity index (χ3n) is 4.73. The summed E-state index contributed by atoms with van der Waals surface area (Å²) >= 11 is 0. The maximum atomic E-state index is 11.4. The van der Waals surface area contributed by atoms with Crippen molar-refractivity contribution in [3.8, 4) is 0 Å². The van der Waals surface area contributed by atoms with Crippen LogP contribution in [0.15, 0.2) is 0 Å². The summed E-state index contributed by atoms with van der Waals surface area (Å²) < 4.78 is 31.7. The zero-order valence-electron chi connectivity index (χ0n) is 13.9. The SMILES string of the molecule is CC1(C)C[C@H](NC[C@@H]2CCC[C@@H]2NS(C)(=O)=O)C(C)(C)O1. The van der Waals surface area contributed by atoms with Gasteiger partial charge in [-0.15, -0.1) is 0 Å². The maximum Gasteiger partial charge on any atom is 0.208 e. The van der Waals surface area contributed by atoms with Crippen LogP contribution in [0.25, 0.3) is 0 Å². The molecule has 1 saturated carbocycles. The summed E-state index contributed by atoms with van der Waals surface area (Å²) in [5, 5.41) is 3.63. The minimum absolute atomic E-state index is 0.0749. The van der Waals surface area contributed by atoms with Crippen LogP contribution in [0, 0.1) is 5.92 Å². The van der Waals surface area contributed by atoms with E-state index < -0.39 is 10.0 Å². The molecule has 0 aromatic rings. The molecule has 1 heterocycles. The van der Waals surface area contributed by atoms with Gasteiger partial charge in [0.15, 0.2) is 0 Å². The van der Waals surface area contributed by atoms with Crippen molar-refractivity contribution in [1.82, 2.24) is 10.0 Å². The molecule has 2 aliphatic rings. The Balaban J connectivity index is 1.90. The van der Waals surface area contributed by atoms with E-state index in [1.807, 2.05) is 0 Å². The van der Waals surface area contributed by atoms with E-state index in [0.717, 1.165) is 32.2 Å². The van der Waals surface area contributed by atoms with Gasteiger partial charge in [-0.05, 0) is 59.4 Å². The Morgan fingerprint density at radius 3 is 2.38 bits per heavy atom. The molecule has 0 aromatic heterocycles. The van der Waals surface area contributed by atoms with E-state index in [0.29, 0.717) is 12.0 Å². The normalized spacial score (nSPS) is 35.2. The van der Waals surface area contributed by atoms with Crippen LogP contribution in [-0.4, -0.2) is 44.5 Å². The third kappa shape index (κ3) is 4.65. The van der Waals surface area contributed by atoms with Crippen LogP contribution >= 0.6 is 0 Å². The predicted octanol–water partition coefficient (Wildman–Crippen LogP) is 1.64. The fourth-order valence-electron chi connectivity index (χ4n) is 3.89. The first kappa shape index (κ1) is 17.2. The van der Waals surface area contributed by atoms with Crippen LogP contribution in [0.3, 0.4) is 0 Å². The Labute approximate surface area is 129 Å². The summed E-state index contributed by atoms with van der Waals surface area (Å²) in [7, 11) is -3.12. The van der Waals surface area contributed by atoms with Gasteiger partial charge in [-0.2, -0.15) is 0 Å². The molecule has 124 valence electrons. The monoisotopic (exact) mass is 318 g/mol. The predicted molar refractivity (Wildman–Crippen MR) is 84.8 cm³/mol. The van der Waals surface area contributed by atoms with Crippen LogP contribution in [0.1, 0.15) is 53.4 Å². The van der Waals surface area contributed by atoms with Crippen LogP contribution in [0.2, 0.25) is 0 Å². The van der Waals surface area contributed by atoms with Gasteiger partial charge < -0.3 is 10.1 Å². The van der Waals surface area contributed by atoms with E-state index >= 15 is 0 Å². The molecule has 2 rings (SSSR count). The molecule has 1 aliphatic carbocycles. The van der Waals surface area contributed by atoms with Gasteiger partial charge in [-0.1, -0.05) is 6.42 Å². The number of ether oxygens (including phenoxy) is 1. The molecular formula is C15H30N2O3S. The van der Waals surface area contributed by atoms with Gasteiger partial charge in [0, 0.05) is 12.1 Å². The highest BCUT2D eigenvalue weighted by Gasteiger charge is 2.46. The lowest BCUT2D eigenvalue weighted by Crippen LogP contribution is -2.47. The van der Waals surface area contributed by atoms with Crippen molar-refractivity contribution in [2.24, 2.45) is 5.92 Å². The van der Waals surface area contributed by atoms with Crippen molar-refractivity contribution in [1.29, 1.82) is 0 Å². The average molecular weight is 318 g/mol. The van der Waals surface area contributed by atoms with E-state index in [-0.39, 0.29) is 17.2 Å². The number of hydrogen-bond acceptors (Lipinski definition) is 4. The lowest BCUT2D eigenvalue weighted by atomic mass is 9.93. The quantitative estimate of drug-likeness (QED) is 0.809. The standard InChI is InChI=1S/C15H30N2O3S/c1-14(2)9-13(15(3,4)20-14)16-10-11-7-6-8-12(11)17-21(5,18)19/h11-13,16-17H,6-10H2,1-5H3/t11-,12-,13-/m0/s1. The summed E-state index contributed by atoms with van der Waals surface area (Å²) in [4.78, 5) is 0. The molecule has 1 aliphatic heterocycles. The molecule has 6 heteroatoms. The zero-order valence-corrected chi connectivity index (χ0v) is 14.7. The second kappa shape index (κ2) is 5.80. The molecule has 5 nitrogen and oxygen atoms in total. The van der Waals surface area contributed by atoms with Crippen molar-refractivity contribution in [2.45, 2.75) is 76.7 Å². The van der Waals surface area contributed by atoms with Gasteiger partial charge in [0.2, 0.25) is 10.0 Å². The van der Waals surface area contributed by atoms with Gasteiger partial charge >= 0.3 is 0 Å². The maximum absolute atomic E-state index is 11.4. The van der Waals surface area contributed by atoms with E-state index in [4.69, 9.17) is 4.74 Å². The van der Waals surface area contributed by atoms with Crippen molar-refractivity contribution >= 4 is 10.0 Å². The molecule has 0 radical (unpaired) electrons. The molecule has 1 saturated heterocycles. The second-order valence-electron chi connectivity index (χ2n) is 7.82. The van der Waals surface area contributed by atoms with Crippen molar-refractivity contribution < 1.29 is 13.2 Å². The molecule has 21 heavy (non-hydrogen) atoms. The Bertz CT molecular complexity index is 473. The number of sulfonamides is 1. The summed E-state index contributed by atoms with van der Waals surface area (Å²) in [6.45, 7) is 9.35. The summed E-state index contributed by atoms with van der Waals surface area (Å²) in [5.41, 5.74) is -0.275. The minimum atomic E-state index is -3.12. The molecule has 0 spiro atoms. The van der Waals surface area contributed by atoms with Crippen LogP contribution < -0.4 is 10.0 Å². The second-order valence-corrected chi connectivity index (χ2v) is 9.60. The molecule has 0 aromatic carbocycles. The first-order valence-electron chi connectivity index (χ1n) is 7.89. The highest BCUT2D eigenvalue weighted by molar-refractivity contribution is 7.88. The van der Waals surface area contributed by atoms with Gasteiger partial charge in [0.25, 0.3) is 0 Å². The van der Waals surface area contributed by atoms with Crippen LogP contribution in [0.5, 0.6) is 0 Å². The van der Waals surface area contributed by atoms with Crippen molar-refractivity contribution in [3.05, 3.63) is 0 Å². The fraction of sp³-hybridized carbons (Fsp3) is 1.00. The first-order valence-corrected chi connectivity index (χ1v) is 9.78. The van der Waals surface area contributed by atoms with E-state index in [1.54, 1.807) is 0 Å². The average Bonchev–Trinajstić information content (AvgIpc) is 2.75. The molecule has 0 amide bonds. The summed E-state index contributed by atoms with van der Waals surface area (Å²) in [6.07, 6.45) is 5.34. The van der Waals surface area contributed by atoms with E-state index in [9.17, 15) is 8.42 Å². The topological polar surface area (TPSA) is 67.4 Å². The first-order chi connectivity index (χ1) is 9.49. The minimum Gasteiger partial charge on any atom is -0.368 e. The van der Waals surface area contributed by atoms with Gasteiger partial charge in [-0.25, -0.2) is 13.1 Å². The third-order valence-corrected chi connectivity index (χ3v) is 5.46. The molecular weight excluding hydrogens is 288 g/mol. The van der Waals surface area contributed by atoms with Gasteiger partial charge in [0.1, 0.15) is 0 Å². The molecule has 2 fully saturated rings. The molecule has 2 N–H and O–H groups in total. The fourth-order valence-corrected chi connectivity index (χ4v) is 4.75. The highest BCUT2D eigenvalue weighted by Crippen LogP contribution is 2.37. The molecule has 0 bridgehead atoms. The Morgan fingerprint density at radius 1 is 1.19 bits per heavy atom. The lowest BCUT2D eigenvalue weighted by Gasteiger charge is -2.29. The van der Waals surface area contributed by atoms with Gasteiger partial charge in [-0.3, -0.25) is 0 Å². The Morgan fingerprint density at radius 2 is 1.86 bits per heavy atom. The molecule has 3 atom stereocenters. The number of rotatable bonds is 5.